The average Bonchev–Trinajstić information content (AvgIpc) is 2.63. The van der Waals surface area contributed by atoms with E-state index in [1.165, 1.54) is 0 Å². The third-order valence-electron chi connectivity index (χ3n) is 6.07. The highest BCUT2D eigenvalue weighted by molar-refractivity contribution is 5.15. The molecule has 0 amide bonds. The molecule has 0 aromatic heterocycles. The molecule has 1 aromatic carbocycles. The van der Waals surface area contributed by atoms with Gasteiger partial charge >= 0.3 is 0 Å². The standard InChI is InChI=1S/C20H29F2NO3/c1-5-19(2)20(3,24-4)25-16-13-23(11-14-9-7-6-8-10-14)12-15(18(21)22)17(16)26-19/h6-10,15-18H,5,11-13H2,1-4H3/t15-,16+,17+,19+,20-/m0/s1. The molecule has 2 fully saturated rings. The Hall–Kier alpha value is -1.08. The maximum Gasteiger partial charge on any atom is 0.245 e. The van der Waals surface area contributed by atoms with Crippen LogP contribution in [0.1, 0.15) is 32.8 Å². The number of halogens is 2. The van der Waals surface area contributed by atoms with Gasteiger partial charge in [0.05, 0.1) is 12.0 Å². The molecule has 0 saturated carbocycles. The lowest BCUT2D eigenvalue weighted by molar-refractivity contribution is -0.402. The molecular formula is C20H29F2NO3. The maximum atomic E-state index is 13.8. The number of hydrogen-bond acceptors (Lipinski definition) is 4. The Balaban J connectivity index is 1.83. The normalized spacial score (nSPS) is 38.3. The molecule has 0 aliphatic carbocycles. The van der Waals surface area contributed by atoms with Gasteiger partial charge in [0.1, 0.15) is 11.7 Å². The Bertz CT molecular complexity index is 602. The van der Waals surface area contributed by atoms with Crippen molar-refractivity contribution in [2.75, 3.05) is 20.2 Å². The number of hydrogen-bond donors (Lipinski definition) is 0. The molecule has 2 saturated heterocycles. The van der Waals surface area contributed by atoms with E-state index in [-0.39, 0.29) is 0 Å². The molecule has 2 heterocycles. The number of benzene rings is 1. The summed E-state index contributed by atoms with van der Waals surface area (Å²) in [6.07, 6.45) is -2.92. The first-order valence-electron chi connectivity index (χ1n) is 9.27. The Labute approximate surface area is 154 Å². The van der Waals surface area contributed by atoms with Gasteiger partial charge in [-0.25, -0.2) is 8.78 Å². The Morgan fingerprint density at radius 1 is 1.19 bits per heavy atom. The van der Waals surface area contributed by atoms with Crippen molar-refractivity contribution in [3.05, 3.63) is 35.9 Å². The van der Waals surface area contributed by atoms with Crippen molar-refractivity contribution < 1.29 is 23.0 Å². The minimum absolute atomic E-state index is 0.292. The average molecular weight is 369 g/mol. The van der Waals surface area contributed by atoms with Gasteiger partial charge in [0, 0.05) is 26.7 Å². The zero-order chi connectivity index (χ0) is 18.9. The van der Waals surface area contributed by atoms with Crippen LogP contribution in [0.4, 0.5) is 8.78 Å². The maximum absolute atomic E-state index is 13.8. The fraction of sp³-hybridized carbons (Fsp3) is 0.700. The van der Waals surface area contributed by atoms with Crippen LogP contribution in [-0.2, 0) is 20.8 Å². The fourth-order valence-corrected chi connectivity index (χ4v) is 4.06. The first-order chi connectivity index (χ1) is 12.3. The summed E-state index contributed by atoms with van der Waals surface area (Å²) in [5, 5.41) is 0. The van der Waals surface area contributed by atoms with Crippen molar-refractivity contribution in [2.45, 2.75) is 63.8 Å². The van der Waals surface area contributed by atoms with Gasteiger partial charge in [-0.1, -0.05) is 37.3 Å². The monoisotopic (exact) mass is 369 g/mol. The van der Waals surface area contributed by atoms with Crippen LogP contribution < -0.4 is 0 Å². The molecule has 0 N–H and O–H groups in total. The molecule has 0 spiro atoms. The number of rotatable bonds is 5. The van der Waals surface area contributed by atoms with E-state index in [9.17, 15) is 8.78 Å². The summed E-state index contributed by atoms with van der Waals surface area (Å²) in [6, 6.07) is 9.89. The van der Waals surface area contributed by atoms with Gasteiger partial charge in [0.2, 0.25) is 6.43 Å². The van der Waals surface area contributed by atoms with E-state index in [1.807, 2.05) is 56.0 Å². The van der Waals surface area contributed by atoms with Crippen LogP contribution in [0.15, 0.2) is 30.3 Å². The molecule has 2 aliphatic heterocycles. The molecule has 0 unspecified atom stereocenters. The second-order valence-electron chi connectivity index (χ2n) is 7.65. The van der Waals surface area contributed by atoms with Gasteiger partial charge in [-0.3, -0.25) is 4.90 Å². The van der Waals surface area contributed by atoms with Crippen molar-refractivity contribution in [2.24, 2.45) is 5.92 Å². The van der Waals surface area contributed by atoms with E-state index in [2.05, 4.69) is 0 Å². The Kier molecular flexibility index (Phi) is 5.68. The molecular weight excluding hydrogens is 340 g/mol. The molecule has 1 aromatic rings. The van der Waals surface area contributed by atoms with Crippen LogP contribution in [0.2, 0.25) is 0 Å². The van der Waals surface area contributed by atoms with E-state index >= 15 is 0 Å². The largest absolute Gasteiger partial charge is 0.363 e. The predicted octanol–water partition coefficient (Wildman–Crippen LogP) is 3.70. The van der Waals surface area contributed by atoms with E-state index in [4.69, 9.17) is 14.2 Å². The summed E-state index contributed by atoms with van der Waals surface area (Å²) in [7, 11) is 1.58. The van der Waals surface area contributed by atoms with Crippen molar-refractivity contribution in [3.63, 3.8) is 0 Å². The molecule has 3 rings (SSSR count). The van der Waals surface area contributed by atoms with Gasteiger partial charge in [-0.05, 0) is 25.8 Å². The lowest BCUT2D eigenvalue weighted by atomic mass is 9.85. The van der Waals surface area contributed by atoms with Gasteiger partial charge in [-0.2, -0.15) is 0 Å². The first-order valence-corrected chi connectivity index (χ1v) is 9.27. The van der Waals surface area contributed by atoms with E-state index in [0.717, 1.165) is 5.56 Å². The van der Waals surface area contributed by atoms with Crippen molar-refractivity contribution in [1.82, 2.24) is 4.90 Å². The third kappa shape index (κ3) is 3.52. The number of alkyl halides is 2. The van der Waals surface area contributed by atoms with Gasteiger partial charge in [0.15, 0.2) is 5.79 Å². The Morgan fingerprint density at radius 3 is 2.46 bits per heavy atom. The zero-order valence-corrected chi connectivity index (χ0v) is 16.0. The molecule has 4 nitrogen and oxygen atoms in total. The van der Waals surface area contributed by atoms with E-state index in [0.29, 0.717) is 26.1 Å². The van der Waals surface area contributed by atoms with Gasteiger partial charge < -0.3 is 14.2 Å². The van der Waals surface area contributed by atoms with Gasteiger partial charge in [0.25, 0.3) is 0 Å². The van der Waals surface area contributed by atoms with Crippen LogP contribution in [0.25, 0.3) is 0 Å². The molecule has 26 heavy (non-hydrogen) atoms. The molecule has 2 aliphatic rings. The summed E-state index contributed by atoms with van der Waals surface area (Å²) in [4.78, 5) is 2.03. The van der Waals surface area contributed by atoms with Crippen LogP contribution in [-0.4, -0.2) is 55.1 Å². The van der Waals surface area contributed by atoms with E-state index in [1.54, 1.807) is 7.11 Å². The first kappa shape index (κ1) is 19.7. The Morgan fingerprint density at radius 2 is 1.88 bits per heavy atom. The van der Waals surface area contributed by atoms with Crippen LogP contribution in [0, 0.1) is 5.92 Å². The molecule has 146 valence electrons. The quantitative estimate of drug-likeness (QED) is 0.792. The minimum atomic E-state index is -2.46. The molecule has 0 bridgehead atoms. The number of ether oxygens (including phenoxy) is 3. The lowest BCUT2D eigenvalue weighted by Crippen LogP contribution is -2.70. The smallest absolute Gasteiger partial charge is 0.245 e. The highest BCUT2D eigenvalue weighted by Crippen LogP contribution is 2.45. The predicted molar refractivity (Wildman–Crippen MR) is 95.1 cm³/mol. The summed E-state index contributed by atoms with van der Waals surface area (Å²) in [5.41, 5.74) is 0.334. The highest BCUT2D eigenvalue weighted by Gasteiger charge is 2.58. The van der Waals surface area contributed by atoms with Gasteiger partial charge in [-0.15, -0.1) is 0 Å². The second-order valence-corrected chi connectivity index (χ2v) is 7.65. The number of piperidine rings is 1. The lowest BCUT2D eigenvalue weighted by Gasteiger charge is -2.57. The number of nitrogens with zero attached hydrogens (tertiary/aromatic N) is 1. The number of likely N-dealkylation sites (tertiary alicyclic amines) is 1. The molecule has 6 heteroatoms. The van der Waals surface area contributed by atoms with Crippen molar-refractivity contribution in [3.8, 4) is 0 Å². The SMILES string of the molecule is CC[C@@]1(C)O[C@@H]2[C@@H](C(F)F)CN(Cc3ccccc3)C[C@H]2O[C@]1(C)OC. The molecule has 0 radical (unpaired) electrons. The van der Waals surface area contributed by atoms with E-state index < -0.39 is 35.9 Å². The van der Waals surface area contributed by atoms with Crippen LogP contribution in [0.3, 0.4) is 0 Å². The summed E-state index contributed by atoms with van der Waals surface area (Å²) in [6.45, 7) is 7.13. The second kappa shape index (κ2) is 7.50. The van der Waals surface area contributed by atoms with Crippen molar-refractivity contribution >= 4 is 0 Å². The molecule has 5 atom stereocenters. The summed E-state index contributed by atoms with van der Waals surface area (Å²) >= 11 is 0. The fourth-order valence-electron chi connectivity index (χ4n) is 4.06. The third-order valence-corrected chi connectivity index (χ3v) is 6.07. The summed E-state index contributed by atoms with van der Waals surface area (Å²) < 4.78 is 45.8. The van der Waals surface area contributed by atoms with Crippen LogP contribution >= 0.6 is 0 Å². The number of methoxy groups -OCH3 is 1. The summed E-state index contributed by atoms with van der Waals surface area (Å²) in [5.74, 6) is -1.85. The topological polar surface area (TPSA) is 30.9 Å². The van der Waals surface area contributed by atoms with Crippen LogP contribution in [0.5, 0.6) is 0 Å². The minimum Gasteiger partial charge on any atom is -0.363 e. The number of fused-ring (bicyclic) bond motifs is 1. The highest BCUT2D eigenvalue weighted by atomic mass is 19.3. The zero-order valence-electron chi connectivity index (χ0n) is 16.0. The van der Waals surface area contributed by atoms with Crippen molar-refractivity contribution in [1.29, 1.82) is 0 Å².